The van der Waals surface area contributed by atoms with Gasteiger partial charge < -0.3 is 16.0 Å². The maximum absolute atomic E-state index is 12.1. The van der Waals surface area contributed by atoms with Crippen molar-refractivity contribution in [1.82, 2.24) is 10.6 Å². The molecule has 2 rings (SSSR count). The minimum Gasteiger partial charge on any atom is -0.378 e. The Balaban J connectivity index is 1.77. The number of rotatable bonds is 10. The van der Waals surface area contributed by atoms with Crippen LogP contribution in [0.15, 0.2) is 47.4 Å². The zero-order valence-corrected chi connectivity index (χ0v) is 18.0. The molecule has 31 heavy (non-hydrogen) atoms. The van der Waals surface area contributed by atoms with Crippen LogP contribution in [-0.2, 0) is 14.6 Å². The quantitative estimate of drug-likeness (QED) is 0.284. The van der Waals surface area contributed by atoms with Gasteiger partial charge in [-0.25, -0.2) is 8.42 Å². The van der Waals surface area contributed by atoms with Gasteiger partial charge in [-0.2, -0.15) is 0 Å². The Hall–Kier alpha value is -3.47. The van der Waals surface area contributed by atoms with E-state index in [1.807, 2.05) is 19.1 Å². The Morgan fingerprint density at radius 2 is 1.74 bits per heavy atom. The average molecular weight is 449 g/mol. The highest BCUT2D eigenvalue weighted by atomic mass is 32.2. The SMILES string of the molecule is Cc1ccccc1C(=O)NCCC(=O)NCCNc1ccc(S(C)(=O)=O)cc1[N+](=O)[O-]. The van der Waals surface area contributed by atoms with Crippen molar-refractivity contribution in [1.29, 1.82) is 0 Å². The molecule has 0 saturated heterocycles. The van der Waals surface area contributed by atoms with Gasteiger partial charge in [0, 0.05) is 43.9 Å². The first kappa shape index (κ1) is 23.8. The van der Waals surface area contributed by atoms with Crippen molar-refractivity contribution in [2.45, 2.75) is 18.2 Å². The summed E-state index contributed by atoms with van der Waals surface area (Å²) in [4.78, 5) is 34.4. The van der Waals surface area contributed by atoms with Gasteiger partial charge in [-0.1, -0.05) is 18.2 Å². The van der Waals surface area contributed by atoms with E-state index in [2.05, 4.69) is 16.0 Å². The second-order valence-corrected chi connectivity index (χ2v) is 8.82. The first-order valence-corrected chi connectivity index (χ1v) is 11.3. The number of carbonyl (C=O) groups excluding carboxylic acids is 2. The molecule has 0 radical (unpaired) electrons. The lowest BCUT2D eigenvalue weighted by atomic mass is 10.1. The third-order valence-electron chi connectivity index (χ3n) is 4.38. The van der Waals surface area contributed by atoms with E-state index in [1.165, 1.54) is 12.1 Å². The van der Waals surface area contributed by atoms with E-state index in [9.17, 15) is 28.1 Å². The van der Waals surface area contributed by atoms with Crippen LogP contribution in [0.25, 0.3) is 0 Å². The molecule has 3 N–H and O–H groups in total. The zero-order valence-electron chi connectivity index (χ0n) is 17.2. The van der Waals surface area contributed by atoms with Gasteiger partial charge in [-0.15, -0.1) is 0 Å². The number of sulfone groups is 1. The van der Waals surface area contributed by atoms with Crippen LogP contribution in [0.5, 0.6) is 0 Å². The molecule has 0 atom stereocenters. The third kappa shape index (κ3) is 7.07. The minimum absolute atomic E-state index is 0.0842. The number of nitrogens with one attached hydrogen (secondary N) is 3. The Bertz CT molecular complexity index is 1080. The molecular weight excluding hydrogens is 424 g/mol. The smallest absolute Gasteiger partial charge is 0.293 e. The summed E-state index contributed by atoms with van der Waals surface area (Å²) in [6.45, 7) is 2.38. The fourth-order valence-corrected chi connectivity index (χ4v) is 3.38. The van der Waals surface area contributed by atoms with Gasteiger partial charge >= 0.3 is 0 Å². The highest BCUT2D eigenvalue weighted by Crippen LogP contribution is 2.27. The molecule has 0 aliphatic rings. The van der Waals surface area contributed by atoms with Crippen molar-refractivity contribution in [2.24, 2.45) is 0 Å². The van der Waals surface area contributed by atoms with E-state index in [0.717, 1.165) is 17.9 Å². The fraction of sp³-hybridized carbons (Fsp3) is 0.300. The lowest BCUT2D eigenvalue weighted by Gasteiger charge is -2.10. The summed E-state index contributed by atoms with van der Waals surface area (Å²) in [5.41, 5.74) is 1.18. The maximum atomic E-state index is 12.1. The number of benzene rings is 2. The van der Waals surface area contributed by atoms with Crippen LogP contribution >= 0.6 is 0 Å². The van der Waals surface area contributed by atoms with Gasteiger partial charge in [0.25, 0.3) is 11.6 Å². The molecule has 2 aromatic rings. The summed E-state index contributed by atoms with van der Waals surface area (Å²) in [7, 11) is -3.57. The van der Waals surface area contributed by atoms with E-state index in [0.29, 0.717) is 5.56 Å². The number of amides is 2. The van der Waals surface area contributed by atoms with Gasteiger partial charge in [0.1, 0.15) is 5.69 Å². The molecule has 11 heteroatoms. The lowest BCUT2D eigenvalue weighted by Crippen LogP contribution is -2.33. The second-order valence-electron chi connectivity index (χ2n) is 6.81. The Morgan fingerprint density at radius 3 is 2.39 bits per heavy atom. The van der Waals surface area contributed by atoms with Crippen LogP contribution < -0.4 is 16.0 Å². The molecule has 166 valence electrons. The van der Waals surface area contributed by atoms with Gasteiger partial charge in [0.05, 0.1) is 9.82 Å². The topological polar surface area (TPSA) is 148 Å². The number of aryl methyl sites for hydroxylation is 1. The predicted molar refractivity (Wildman–Crippen MR) is 116 cm³/mol. The van der Waals surface area contributed by atoms with Gasteiger partial charge in [-0.05, 0) is 30.7 Å². The van der Waals surface area contributed by atoms with E-state index in [4.69, 9.17) is 0 Å². The fourth-order valence-electron chi connectivity index (χ4n) is 2.74. The number of hydrogen-bond acceptors (Lipinski definition) is 7. The molecule has 2 aromatic carbocycles. The number of anilines is 1. The second kappa shape index (κ2) is 10.5. The summed E-state index contributed by atoms with van der Waals surface area (Å²) in [6.07, 6.45) is 1.05. The number of nitro benzene ring substituents is 1. The van der Waals surface area contributed by atoms with Gasteiger partial charge in [0.2, 0.25) is 5.91 Å². The molecular formula is C20H24N4O6S. The van der Waals surface area contributed by atoms with Crippen LogP contribution in [0, 0.1) is 17.0 Å². The monoisotopic (exact) mass is 448 g/mol. The lowest BCUT2D eigenvalue weighted by molar-refractivity contribution is -0.384. The number of hydrogen-bond donors (Lipinski definition) is 3. The Morgan fingerprint density at radius 1 is 1.03 bits per heavy atom. The van der Waals surface area contributed by atoms with E-state index < -0.39 is 14.8 Å². The van der Waals surface area contributed by atoms with E-state index >= 15 is 0 Å². The highest BCUT2D eigenvalue weighted by Gasteiger charge is 2.18. The molecule has 0 aliphatic heterocycles. The van der Waals surface area contributed by atoms with Crippen LogP contribution in [0.3, 0.4) is 0 Å². The summed E-state index contributed by atoms with van der Waals surface area (Å²) in [5.74, 6) is -0.536. The van der Waals surface area contributed by atoms with Gasteiger partial charge in [0.15, 0.2) is 9.84 Å². The normalized spacial score (nSPS) is 10.9. The molecule has 0 bridgehead atoms. The molecule has 0 saturated carbocycles. The molecule has 2 amide bonds. The minimum atomic E-state index is -3.57. The van der Waals surface area contributed by atoms with Crippen molar-refractivity contribution in [2.75, 3.05) is 31.2 Å². The standard InChI is InChI=1S/C20H24N4O6S/c1-14-5-3-4-6-16(14)20(26)23-10-9-19(25)22-12-11-21-17-8-7-15(31(2,29)30)13-18(17)24(27)28/h3-8,13,21H,9-12H2,1-2H3,(H,22,25)(H,23,26). The van der Waals surface area contributed by atoms with Crippen LogP contribution in [0.4, 0.5) is 11.4 Å². The van der Waals surface area contributed by atoms with Crippen molar-refractivity contribution < 1.29 is 22.9 Å². The molecule has 10 nitrogen and oxygen atoms in total. The molecule has 0 unspecified atom stereocenters. The van der Waals surface area contributed by atoms with Gasteiger partial charge in [-0.3, -0.25) is 19.7 Å². The summed E-state index contributed by atoms with van der Waals surface area (Å²) >= 11 is 0. The molecule has 0 aromatic heterocycles. The summed E-state index contributed by atoms with van der Waals surface area (Å²) in [5, 5.41) is 19.3. The predicted octanol–water partition coefficient (Wildman–Crippen LogP) is 1.65. The third-order valence-corrected chi connectivity index (χ3v) is 5.49. The number of nitro groups is 1. The first-order valence-electron chi connectivity index (χ1n) is 9.42. The summed E-state index contributed by atoms with van der Waals surface area (Å²) < 4.78 is 23.1. The number of nitrogens with zero attached hydrogens (tertiary/aromatic N) is 1. The van der Waals surface area contributed by atoms with Crippen molar-refractivity contribution >= 4 is 33.0 Å². The van der Waals surface area contributed by atoms with Crippen LogP contribution in [0.1, 0.15) is 22.3 Å². The van der Waals surface area contributed by atoms with Crippen molar-refractivity contribution in [3.63, 3.8) is 0 Å². The highest BCUT2D eigenvalue weighted by molar-refractivity contribution is 7.90. The summed E-state index contributed by atoms with van der Waals surface area (Å²) in [6, 6.07) is 10.7. The molecule has 0 spiro atoms. The zero-order chi connectivity index (χ0) is 23.0. The van der Waals surface area contributed by atoms with Crippen LogP contribution in [-0.4, -0.2) is 51.0 Å². The Labute approximate surface area is 180 Å². The van der Waals surface area contributed by atoms with Crippen molar-refractivity contribution in [3.05, 3.63) is 63.7 Å². The first-order chi connectivity index (χ1) is 14.6. The Kier molecular flexibility index (Phi) is 8.08. The maximum Gasteiger partial charge on any atom is 0.293 e. The van der Waals surface area contributed by atoms with E-state index in [-0.39, 0.29) is 54.1 Å². The number of carbonyl (C=O) groups is 2. The molecule has 0 fully saturated rings. The van der Waals surface area contributed by atoms with E-state index in [1.54, 1.807) is 12.1 Å². The average Bonchev–Trinajstić information content (AvgIpc) is 2.70. The van der Waals surface area contributed by atoms with Crippen molar-refractivity contribution in [3.8, 4) is 0 Å². The molecule has 0 heterocycles. The van der Waals surface area contributed by atoms with Crippen LogP contribution in [0.2, 0.25) is 0 Å². The molecule has 0 aliphatic carbocycles. The largest absolute Gasteiger partial charge is 0.378 e.